The lowest BCUT2D eigenvalue weighted by Gasteiger charge is -2.20. The predicted molar refractivity (Wildman–Crippen MR) is 87.6 cm³/mol. The van der Waals surface area contributed by atoms with Crippen LogP contribution in [0.2, 0.25) is 0 Å². The molecule has 4 nitrogen and oxygen atoms in total. The Morgan fingerprint density at radius 2 is 2.05 bits per heavy atom. The summed E-state index contributed by atoms with van der Waals surface area (Å²) in [4.78, 5) is 1.09. The van der Waals surface area contributed by atoms with E-state index in [9.17, 15) is 13.5 Å². The van der Waals surface area contributed by atoms with Crippen LogP contribution in [0, 0.1) is 0 Å². The van der Waals surface area contributed by atoms with Crippen molar-refractivity contribution < 1.29 is 13.5 Å². The Bertz CT molecular complexity index is 754. The van der Waals surface area contributed by atoms with Crippen LogP contribution in [-0.4, -0.2) is 31.4 Å². The molecule has 0 amide bonds. The number of aryl methyl sites for hydroxylation is 2. The molecule has 1 heterocycles. The van der Waals surface area contributed by atoms with E-state index in [1.807, 2.05) is 23.6 Å². The number of thiophene rings is 1. The standard InChI is InChI=1S/C16H19NO3S2/c1-17(11-15(18)16-6-3-9-21-16)22(19,20)14-8-7-12-4-2-5-13(12)10-14/h3,6-10,15,18H,2,4-5,11H2,1H3. The first-order valence-corrected chi connectivity index (χ1v) is 9.60. The maximum atomic E-state index is 12.7. The van der Waals surface area contributed by atoms with E-state index in [-0.39, 0.29) is 6.54 Å². The number of rotatable bonds is 5. The number of nitrogens with zero attached hydrogens (tertiary/aromatic N) is 1. The van der Waals surface area contributed by atoms with E-state index in [0.29, 0.717) is 4.90 Å². The first-order chi connectivity index (χ1) is 10.5. The Balaban J connectivity index is 1.80. The first kappa shape index (κ1) is 15.7. The molecule has 3 rings (SSSR count). The molecule has 0 saturated carbocycles. The fourth-order valence-corrected chi connectivity index (χ4v) is 4.73. The number of hydrogen-bond donors (Lipinski definition) is 1. The zero-order valence-electron chi connectivity index (χ0n) is 12.4. The summed E-state index contributed by atoms with van der Waals surface area (Å²) in [5, 5.41) is 12.0. The molecule has 0 spiro atoms. The second kappa shape index (κ2) is 6.12. The lowest BCUT2D eigenvalue weighted by atomic mass is 10.1. The van der Waals surface area contributed by atoms with Crippen molar-refractivity contribution in [2.45, 2.75) is 30.3 Å². The van der Waals surface area contributed by atoms with E-state index in [0.717, 1.165) is 29.7 Å². The number of benzene rings is 1. The summed E-state index contributed by atoms with van der Waals surface area (Å²) in [5.74, 6) is 0. The summed E-state index contributed by atoms with van der Waals surface area (Å²) >= 11 is 1.42. The summed E-state index contributed by atoms with van der Waals surface area (Å²) in [6.45, 7) is 0.0555. The van der Waals surface area contributed by atoms with Crippen LogP contribution < -0.4 is 0 Å². The highest BCUT2D eigenvalue weighted by atomic mass is 32.2. The Hall–Kier alpha value is -1.21. The number of hydrogen-bond acceptors (Lipinski definition) is 4. The predicted octanol–water partition coefficient (Wildman–Crippen LogP) is 2.59. The normalized spacial score (nSPS) is 16.0. The van der Waals surface area contributed by atoms with Gasteiger partial charge in [-0.25, -0.2) is 8.42 Å². The number of aliphatic hydroxyl groups is 1. The molecule has 22 heavy (non-hydrogen) atoms. The molecule has 2 aromatic rings. The van der Waals surface area contributed by atoms with Gasteiger partial charge in [0.05, 0.1) is 4.90 Å². The van der Waals surface area contributed by atoms with Gasteiger partial charge in [-0.3, -0.25) is 0 Å². The average molecular weight is 337 g/mol. The zero-order chi connectivity index (χ0) is 15.7. The van der Waals surface area contributed by atoms with Crippen LogP contribution in [0.15, 0.2) is 40.6 Å². The van der Waals surface area contributed by atoms with E-state index < -0.39 is 16.1 Å². The molecule has 1 aliphatic rings. The largest absolute Gasteiger partial charge is 0.386 e. The maximum absolute atomic E-state index is 12.7. The molecular weight excluding hydrogens is 318 g/mol. The van der Waals surface area contributed by atoms with Crippen LogP contribution in [-0.2, 0) is 22.9 Å². The van der Waals surface area contributed by atoms with Gasteiger partial charge in [0.2, 0.25) is 10.0 Å². The van der Waals surface area contributed by atoms with Crippen LogP contribution in [0.4, 0.5) is 0 Å². The Labute approximate surface area is 135 Å². The number of sulfonamides is 1. The zero-order valence-corrected chi connectivity index (χ0v) is 14.0. The molecule has 1 aliphatic carbocycles. The second-order valence-electron chi connectivity index (χ2n) is 5.60. The molecule has 1 aromatic carbocycles. The van der Waals surface area contributed by atoms with E-state index in [2.05, 4.69) is 0 Å². The molecule has 6 heteroatoms. The molecule has 0 bridgehead atoms. The van der Waals surface area contributed by atoms with E-state index in [4.69, 9.17) is 0 Å². The summed E-state index contributed by atoms with van der Waals surface area (Å²) in [6, 6.07) is 9.03. The summed E-state index contributed by atoms with van der Waals surface area (Å²) in [7, 11) is -2.06. The van der Waals surface area contributed by atoms with Gasteiger partial charge in [-0.15, -0.1) is 11.3 Å². The Morgan fingerprint density at radius 1 is 1.27 bits per heavy atom. The maximum Gasteiger partial charge on any atom is 0.242 e. The molecule has 1 atom stereocenters. The van der Waals surface area contributed by atoms with E-state index in [1.165, 1.54) is 28.3 Å². The van der Waals surface area contributed by atoms with Gasteiger partial charge in [0.15, 0.2) is 0 Å². The van der Waals surface area contributed by atoms with Crippen molar-refractivity contribution >= 4 is 21.4 Å². The van der Waals surface area contributed by atoms with Crippen LogP contribution >= 0.6 is 11.3 Å². The lowest BCUT2D eigenvalue weighted by Crippen LogP contribution is -2.31. The minimum atomic E-state index is -3.57. The van der Waals surface area contributed by atoms with Gasteiger partial charge in [0.25, 0.3) is 0 Å². The minimum absolute atomic E-state index is 0.0555. The fraction of sp³-hybridized carbons (Fsp3) is 0.375. The fourth-order valence-electron chi connectivity index (χ4n) is 2.80. The molecule has 118 valence electrons. The van der Waals surface area contributed by atoms with Crippen LogP contribution in [0.5, 0.6) is 0 Å². The monoisotopic (exact) mass is 337 g/mol. The number of fused-ring (bicyclic) bond motifs is 1. The molecule has 0 saturated heterocycles. The van der Waals surface area contributed by atoms with Crippen molar-refractivity contribution in [1.29, 1.82) is 0 Å². The van der Waals surface area contributed by atoms with Gasteiger partial charge in [0, 0.05) is 18.5 Å². The van der Waals surface area contributed by atoms with Crippen LogP contribution in [0.25, 0.3) is 0 Å². The molecule has 0 fully saturated rings. The average Bonchev–Trinajstić information content (AvgIpc) is 3.17. The smallest absolute Gasteiger partial charge is 0.242 e. The first-order valence-electron chi connectivity index (χ1n) is 7.28. The van der Waals surface area contributed by atoms with Gasteiger partial charge in [-0.2, -0.15) is 4.31 Å². The highest BCUT2D eigenvalue weighted by molar-refractivity contribution is 7.89. The second-order valence-corrected chi connectivity index (χ2v) is 8.62. The van der Waals surface area contributed by atoms with Crippen molar-refractivity contribution in [1.82, 2.24) is 4.31 Å². The molecule has 0 aliphatic heterocycles. The van der Waals surface area contributed by atoms with Crippen molar-refractivity contribution in [2.75, 3.05) is 13.6 Å². The van der Waals surface area contributed by atoms with Gasteiger partial charge in [-0.1, -0.05) is 12.1 Å². The number of likely N-dealkylation sites (N-methyl/N-ethyl adjacent to an activating group) is 1. The van der Waals surface area contributed by atoms with Crippen molar-refractivity contribution in [3.8, 4) is 0 Å². The molecule has 1 N–H and O–H groups in total. The highest BCUT2D eigenvalue weighted by Gasteiger charge is 2.25. The van der Waals surface area contributed by atoms with Crippen molar-refractivity contribution in [3.63, 3.8) is 0 Å². The third-order valence-corrected chi connectivity index (χ3v) is 6.87. The van der Waals surface area contributed by atoms with Gasteiger partial charge < -0.3 is 5.11 Å². The van der Waals surface area contributed by atoms with Crippen LogP contribution in [0.3, 0.4) is 0 Å². The molecule has 1 aromatic heterocycles. The SMILES string of the molecule is CN(CC(O)c1cccs1)S(=O)(=O)c1ccc2c(c1)CCC2. The topological polar surface area (TPSA) is 57.6 Å². The summed E-state index contributed by atoms with van der Waals surface area (Å²) < 4.78 is 26.5. The third-order valence-electron chi connectivity index (χ3n) is 4.08. The van der Waals surface area contributed by atoms with Crippen molar-refractivity contribution in [3.05, 3.63) is 51.7 Å². The van der Waals surface area contributed by atoms with E-state index in [1.54, 1.807) is 12.1 Å². The summed E-state index contributed by atoms with van der Waals surface area (Å²) in [6.07, 6.45) is 2.27. The highest BCUT2D eigenvalue weighted by Crippen LogP contribution is 2.27. The summed E-state index contributed by atoms with van der Waals surface area (Å²) in [5.41, 5.74) is 2.38. The van der Waals surface area contributed by atoms with Gasteiger partial charge in [-0.05, 0) is 54.0 Å². The molecule has 1 unspecified atom stereocenters. The Kier molecular flexibility index (Phi) is 4.36. The van der Waals surface area contributed by atoms with E-state index >= 15 is 0 Å². The molecule has 0 radical (unpaired) electrons. The molecular formula is C16H19NO3S2. The van der Waals surface area contributed by atoms with Crippen molar-refractivity contribution in [2.24, 2.45) is 0 Å². The van der Waals surface area contributed by atoms with Gasteiger partial charge >= 0.3 is 0 Å². The quantitative estimate of drug-likeness (QED) is 0.912. The van der Waals surface area contributed by atoms with Gasteiger partial charge in [0.1, 0.15) is 6.10 Å². The van der Waals surface area contributed by atoms with Crippen LogP contribution in [0.1, 0.15) is 28.5 Å². The third kappa shape index (κ3) is 2.96. The lowest BCUT2D eigenvalue weighted by molar-refractivity contribution is 0.158. The number of aliphatic hydroxyl groups excluding tert-OH is 1. The minimum Gasteiger partial charge on any atom is -0.386 e. The Morgan fingerprint density at radius 3 is 2.77 bits per heavy atom.